The number of hydrogen-bond acceptors (Lipinski definition) is 2. The normalized spacial score (nSPS) is 10.8. The summed E-state index contributed by atoms with van der Waals surface area (Å²) in [6, 6.07) is 6.03. The van der Waals surface area contributed by atoms with Crippen LogP contribution in [0.3, 0.4) is 0 Å². The van der Waals surface area contributed by atoms with E-state index in [0.29, 0.717) is 16.7 Å². The lowest BCUT2D eigenvalue weighted by Gasteiger charge is -2.19. The molecule has 0 aliphatic rings. The maximum atomic E-state index is 13.0. The van der Waals surface area contributed by atoms with Gasteiger partial charge in [0.25, 0.3) is 5.91 Å². The quantitative estimate of drug-likeness (QED) is 0.789. The van der Waals surface area contributed by atoms with Gasteiger partial charge in [0.1, 0.15) is 5.56 Å². The molecule has 0 unspecified atom stereocenters. The third-order valence-electron chi connectivity index (χ3n) is 4.70. The smallest absolute Gasteiger partial charge is 0.261 e. The summed E-state index contributed by atoms with van der Waals surface area (Å²) in [6.07, 6.45) is 1.64. The lowest BCUT2D eigenvalue weighted by atomic mass is 10.0. The van der Waals surface area contributed by atoms with Crippen molar-refractivity contribution in [3.8, 4) is 0 Å². The number of hydrogen-bond donors (Lipinski definition) is 1. The molecule has 0 radical (unpaired) electrons. The number of carbonyl (C=O) groups excluding carboxylic acids is 1. The van der Waals surface area contributed by atoms with Gasteiger partial charge >= 0.3 is 0 Å². The first-order chi connectivity index (χ1) is 11.9. The summed E-state index contributed by atoms with van der Waals surface area (Å²) < 4.78 is 2.43. The summed E-state index contributed by atoms with van der Waals surface area (Å²) >= 11 is 3.35. The molecule has 1 amide bonds. The van der Waals surface area contributed by atoms with Crippen molar-refractivity contribution in [2.75, 3.05) is 5.32 Å². The summed E-state index contributed by atoms with van der Waals surface area (Å²) in [5.41, 5.74) is 4.45. The zero-order valence-electron chi connectivity index (χ0n) is 15.5. The summed E-state index contributed by atoms with van der Waals surface area (Å²) in [6.45, 7) is 10.5. The molecule has 0 saturated carbocycles. The Labute approximate surface area is 157 Å². The number of aryl methyl sites for hydroxylation is 2. The average molecular weight is 405 g/mol. The second-order valence-electron chi connectivity index (χ2n) is 6.05. The Hall–Kier alpha value is -1.88. The largest absolute Gasteiger partial charge is 0.347 e. The number of nitrogens with zero attached hydrogens (tertiary/aromatic N) is 1. The average Bonchev–Trinajstić information content (AvgIpc) is 2.60. The molecule has 1 N–H and O–H groups in total. The fourth-order valence-electron chi connectivity index (χ4n) is 3.26. The van der Waals surface area contributed by atoms with Crippen molar-refractivity contribution < 1.29 is 4.79 Å². The first kappa shape index (κ1) is 19.4. The number of carbonyl (C=O) groups is 1. The minimum absolute atomic E-state index is 0.201. The van der Waals surface area contributed by atoms with E-state index in [-0.39, 0.29) is 16.9 Å². The van der Waals surface area contributed by atoms with Crippen LogP contribution in [0.5, 0.6) is 0 Å². The molecular weight excluding hydrogens is 380 g/mol. The second-order valence-corrected chi connectivity index (χ2v) is 6.84. The highest BCUT2D eigenvalue weighted by molar-refractivity contribution is 9.10. The molecule has 1 heterocycles. The third-order valence-corrected chi connectivity index (χ3v) is 5.63. The maximum absolute atomic E-state index is 13.0. The van der Waals surface area contributed by atoms with E-state index in [1.165, 1.54) is 0 Å². The Balaban J connectivity index is 2.58. The summed E-state index contributed by atoms with van der Waals surface area (Å²) in [5.74, 6) is -0.346. The molecular formula is C20H25BrN2O2. The second kappa shape index (κ2) is 8.00. The Morgan fingerprint density at radius 2 is 1.64 bits per heavy atom. The lowest BCUT2D eigenvalue weighted by molar-refractivity contribution is 0.102. The third kappa shape index (κ3) is 3.56. The monoisotopic (exact) mass is 404 g/mol. The molecule has 0 saturated heterocycles. The van der Waals surface area contributed by atoms with Gasteiger partial charge in [0, 0.05) is 23.6 Å². The Morgan fingerprint density at radius 3 is 2.12 bits per heavy atom. The number of halogens is 1. The van der Waals surface area contributed by atoms with Crippen molar-refractivity contribution in [1.29, 1.82) is 0 Å². The predicted molar refractivity (Wildman–Crippen MR) is 107 cm³/mol. The molecule has 0 bridgehead atoms. The summed E-state index contributed by atoms with van der Waals surface area (Å²) in [4.78, 5) is 25.7. The van der Waals surface area contributed by atoms with Crippen LogP contribution in [-0.4, -0.2) is 10.5 Å². The van der Waals surface area contributed by atoms with Gasteiger partial charge in [-0.15, -0.1) is 0 Å². The highest BCUT2D eigenvalue weighted by atomic mass is 79.9. The van der Waals surface area contributed by atoms with Gasteiger partial charge in [0.05, 0.1) is 4.47 Å². The molecule has 2 rings (SSSR count). The van der Waals surface area contributed by atoms with Crippen molar-refractivity contribution in [1.82, 2.24) is 4.57 Å². The van der Waals surface area contributed by atoms with Crippen LogP contribution in [0.2, 0.25) is 0 Å². The first-order valence-electron chi connectivity index (χ1n) is 8.68. The van der Waals surface area contributed by atoms with E-state index in [2.05, 4.69) is 35.1 Å². The van der Waals surface area contributed by atoms with E-state index in [0.717, 1.165) is 35.3 Å². The van der Waals surface area contributed by atoms with Crippen LogP contribution in [-0.2, 0) is 19.4 Å². The molecule has 25 heavy (non-hydrogen) atoms. The van der Waals surface area contributed by atoms with Crippen molar-refractivity contribution in [3.05, 3.63) is 61.0 Å². The SMILES string of the molecule is CCc1cccc(CC)c1NC(=O)c1c(C)n(CC)c(C)c(Br)c1=O. The number of pyridine rings is 1. The van der Waals surface area contributed by atoms with Gasteiger partial charge in [0.15, 0.2) is 0 Å². The molecule has 2 aromatic rings. The number of rotatable bonds is 5. The van der Waals surface area contributed by atoms with Crippen LogP contribution >= 0.6 is 15.9 Å². The molecule has 0 fully saturated rings. The highest BCUT2D eigenvalue weighted by Crippen LogP contribution is 2.24. The van der Waals surface area contributed by atoms with E-state index in [9.17, 15) is 9.59 Å². The molecule has 134 valence electrons. The molecule has 1 aromatic carbocycles. The van der Waals surface area contributed by atoms with Crippen LogP contribution in [0.15, 0.2) is 27.5 Å². The Morgan fingerprint density at radius 1 is 1.08 bits per heavy atom. The zero-order chi connectivity index (χ0) is 18.7. The van der Waals surface area contributed by atoms with Gasteiger partial charge in [-0.2, -0.15) is 0 Å². The molecule has 0 spiro atoms. The van der Waals surface area contributed by atoms with Crippen LogP contribution in [0.25, 0.3) is 0 Å². The van der Waals surface area contributed by atoms with Crippen molar-refractivity contribution in [3.63, 3.8) is 0 Å². The molecule has 0 aliphatic heterocycles. The van der Waals surface area contributed by atoms with Crippen molar-refractivity contribution >= 4 is 27.5 Å². The van der Waals surface area contributed by atoms with Crippen molar-refractivity contribution in [2.24, 2.45) is 0 Å². The fourth-order valence-corrected chi connectivity index (χ4v) is 3.68. The van der Waals surface area contributed by atoms with Gasteiger partial charge in [-0.3, -0.25) is 9.59 Å². The van der Waals surface area contributed by atoms with Crippen molar-refractivity contribution in [2.45, 2.75) is 54.0 Å². The molecule has 1 aromatic heterocycles. The van der Waals surface area contributed by atoms with Gasteiger partial charge in [-0.05, 0) is 60.7 Å². The number of aromatic nitrogens is 1. The number of amides is 1. The van der Waals surface area contributed by atoms with Gasteiger partial charge in [-0.25, -0.2) is 0 Å². The standard InChI is InChI=1S/C20H25BrN2O2/c1-6-14-10-9-11-15(7-2)18(14)22-20(25)16-12(4)23(8-3)13(5)17(21)19(16)24/h9-11H,6-8H2,1-5H3,(H,22,25). The number of para-hydroxylation sites is 1. The Bertz CT molecular complexity index is 847. The lowest BCUT2D eigenvalue weighted by Crippen LogP contribution is -2.28. The predicted octanol–water partition coefficient (Wildman–Crippen LogP) is 4.62. The van der Waals surface area contributed by atoms with Gasteiger partial charge < -0.3 is 9.88 Å². The fraction of sp³-hybridized carbons (Fsp3) is 0.400. The summed E-state index contributed by atoms with van der Waals surface area (Å²) in [5, 5.41) is 3.00. The maximum Gasteiger partial charge on any atom is 0.261 e. The van der Waals surface area contributed by atoms with E-state index < -0.39 is 0 Å². The van der Waals surface area contributed by atoms with E-state index in [4.69, 9.17) is 0 Å². The molecule has 0 aliphatic carbocycles. The summed E-state index contributed by atoms with van der Waals surface area (Å²) in [7, 11) is 0. The molecule has 4 nitrogen and oxygen atoms in total. The Kier molecular flexibility index (Phi) is 6.22. The van der Waals surface area contributed by atoms with Crippen LogP contribution < -0.4 is 10.7 Å². The van der Waals surface area contributed by atoms with Crippen LogP contribution in [0.4, 0.5) is 5.69 Å². The van der Waals surface area contributed by atoms with E-state index in [1.807, 2.05) is 43.5 Å². The first-order valence-corrected chi connectivity index (χ1v) is 9.48. The number of nitrogens with one attached hydrogen (secondary N) is 1. The minimum Gasteiger partial charge on any atom is -0.347 e. The molecule has 0 atom stereocenters. The highest BCUT2D eigenvalue weighted by Gasteiger charge is 2.22. The number of anilines is 1. The topological polar surface area (TPSA) is 51.1 Å². The van der Waals surface area contributed by atoms with E-state index in [1.54, 1.807) is 0 Å². The van der Waals surface area contributed by atoms with Gasteiger partial charge in [-0.1, -0.05) is 32.0 Å². The minimum atomic E-state index is -0.346. The number of benzene rings is 1. The van der Waals surface area contributed by atoms with Crippen LogP contribution in [0, 0.1) is 13.8 Å². The zero-order valence-corrected chi connectivity index (χ0v) is 17.1. The molecule has 5 heteroatoms. The van der Waals surface area contributed by atoms with Gasteiger partial charge in [0.2, 0.25) is 5.43 Å². The van der Waals surface area contributed by atoms with E-state index >= 15 is 0 Å². The van der Waals surface area contributed by atoms with Crippen LogP contribution in [0.1, 0.15) is 53.6 Å².